The van der Waals surface area contributed by atoms with Crippen LogP contribution in [0.4, 0.5) is 32.3 Å². The van der Waals surface area contributed by atoms with E-state index in [0.717, 1.165) is 28.3 Å². The van der Waals surface area contributed by atoms with Crippen LogP contribution in [0.15, 0.2) is 119 Å². The number of rotatable bonds is 10. The highest BCUT2D eigenvalue weighted by molar-refractivity contribution is 7.88. The van der Waals surface area contributed by atoms with Gasteiger partial charge in [0.1, 0.15) is 21.3 Å². The molecule has 4 amide bonds. The van der Waals surface area contributed by atoms with Crippen molar-refractivity contribution in [3.63, 3.8) is 0 Å². The molecule has 0 saturated carbocycles. The summed E-state index contributed by atoms with van der Waals surface area (Å²) in [4.78, 5) is 24.3. The van der Waals surface area contributed by atoms with Crippen molar-refractivity contribution in [2.75, 3.05) is 21.3 Å². The molecule has 0 radical (unpaired) electrons. The fourth-order valence-electron chi connectivity index (χ4n) is 4.70. The van der Waals surface area contributed by atoms with Gasteiger partial charge in [-0.15, -0.1) is 0 Å². The number of carbonyl (C=O) groups is 2. The van der Waals surface area contributed by atoms with Crippen molar-refractivity contribution >= 4 is 55.0 Å². The van der Waals surface area contributed by atoms with Crippen LogP contribution in [-0.4, -0.2) is 28.9 Å². The largest absolute Gasteiger partial charge is 0.379 e. The molecule has 0 aliphatic heterocycles. The predicted octanol–water partition coefficient (Wildman–Crippen LogP) is 7.74. The zero-order valence-corrected chi connectivity index (χ0v) is 29.1. The minimum atomic E-state index is -4.53. The molecule has 14 heteroatoms. The van der Waals surface area contributed by atoms with Gasteiger partial charge >= 0.3 is 32.3 Å². The van der Waals surface area contributed by atoms with E-state index in [2.05, 4.69) is 21.3 Å². The quantitative estimate of drug-likeness (QED) is 0.107. The topological polar surface area (TPSA) is 169 Å². The maximum atomic E-state index is 13.2. The summed E-state index contributed by atoms with van der Waals surface area (Å²) in [5, 5.41) is 10.8. The molecule has 0 saturated heterocycles. The predicted molar refractivity (Wildman–Crippen MR) is 192 cm³/mol. The first-order valence-corrected chi connectivity index (χ1v) is 18.0. The lowest BCUT2D eigenvalue weighted by atomic mass is 10.1. The summed E-state index contributed by atoms with van der Waals surface area (Å²) in [7, 11) is -9.06. The molecule has 0 aliphatic rings. The molecular formula is C36H34N4O8S2. The zero-order valence-electron chi connectivity index (χ0n) is 27.5. The Bertz CT molecular complexity index is 2150. The third kappa shape index (κ3) is 9.18. The lowest BCUT2D eigenvalue weighted by Gasteiger charge is -2.13. The number of urea groups is 2. The fourth-order valence-corrected chi connectivity index (χ4v) is 6.71. The van der Waals surface area contributed by atoms with E-state index >= 15 is 0 Å². The highest BCUT2D eigenvalue weighted by Crippen LogP contribution is 2.27. The van der Waals surface area contributed by atoms with Crippen molar-refractivity contribution in [3.05, 3.63) is 131 Å². The Morgan fingerprint density at radius 2 is 0.880 bits per heavy atom. The van der Waals surface area contributed by atoms with Crippen molar-refractivity contribution in [2.24, 2.45) is 0 Å². The smallest absolute Gasteiger partial charge is 0.339 e. The maximum Gasteiger partial charge on any atom is 0.339 e. The molecule has 0 fully saturated rings. The molecule has 5 aromatic carbocycles. The lowest BCUT2D eigenvalue weighted by molar-refractivity contribution is 0.261. The normalized spacial score (nSPS) is 11.3. The van der Waals surface area contributed by atoms with Gasteiger partial charge in [0.15, 0.2) is 0 Å². The van der Waals surface area contributed by atoms with Crippen LogP contribution in [0.1, 0.15) is 22.3 Å². The second-order valence-corrected chi connectivity index (χ2v) is 14.5. The monoisotopic (exact) mass is 714 g/mol. The molecule has 12 nitrogen and oxygen atoms in total. The number of aryl methyl sites for hydroxylation is 4. The Kier molecular flexibility index (Phi) is 10.4. The molecule has 5 aromatic rings. The molecule has 0 heterocycles. The second kappa shape index (κ2) is 14.7. The van der Waals surface area contributed by atoms with Gasteiger partial charge in [-0.2, -0.15) is 16.8 Å². The molecule has 0 aromatic heterocycles. The fraction of sp³-hybridized carbons (Fsp3) is 0.111. The minimum Gasteiger partial charge on any atom is -0.379 e. The van der Waals surface area contributed by atoms with E-state index in [1.165, 1.54) is 54.6 Å². The molecule has 0 spiro atoms. The first-order chi connectivity index (χ1) is 23.7. The van der Waals surface area contributed by atoms with Gasteiger partial charge in [-0.05, 0) is 105 Å². The van der Waals surface area contributed by atoms with Crippen LogP contribution < -0.4 is 29.6 Å². The van der Waals surface area contributed by atoms with Crippen LogP contribution in [0.2, 0.25) is 0 Å². The zero-order chi connectivity index (χ0) is 36.1. The van der Waals surface area contributed by atoms with Gasteiger partial charge in [-0.3, -0.25) is 0 Å². The third-order valence-electron chi connectivity index (χ3n) is 7.26. The minimum absolute atomic E-state index is 0.120. The van der Waals surface area contributed by atoms with E-state index < -0.39 is 42.1 Å². The Morgan fingerprint density at radius 3 is 1.30 bits per heavy atom. The first kappa shape index (κ1) is 35.4. The summed E-state index contributed by atoms with van der Waals surface area (Å²) >= 11 is 0. The van der Waals surface area contributed by atoms with Crippen molar-refractivity contribution in [1.82, 2.24) is 0 Å². The van der Waals surface area contributed by atoms with E-state index in [1.54, 1.807) is 12.1 Å². The number of nitrogens with one attached hydrogen (secondary N) is 4. The van der Waals surface area contributed by atoms with E-state index in [1.807, 2.05) is 64.1 Å². The van der Waals surface area contributed by atoms with E-state index in [9.17, 15) is 26.4 Å². The number of anilines is 4. The number of benzene rings is 5. The van der Waals surface area contributed by atoms with E-state index in [0.29, 0.717) is 11.4 Å². The van der Waals surface area contributed by atoms with Gasteiger partial charge in [0.2, 0.25) is 0 Å². The van der Waals surface area contributed by atoms with E-state index in [-0.39, 0.29) is 22.9 Å². The van der Waals surface area contributed by atoms with Crippen LogP contribution in [0, 0.1) is 27.7 Å². The Labute approximate surface area is 290 Å². The molecule has 0 unspecified atom stereocenters. The van der Waals surface area contributed by atoms with Gasteiger partial charge in [-0.25, -0.2) is 9.59 Å². The molecular weight excluding hydrogens is 681 g/mol. The molecule has 258 valence electrons. The van der Waals surface area contributed by atoms with Gasteiger partial charge in [0.25, 0.3) is 0 Å². The Balaban J connectivity index is 1.25. The molecule has 5 rings (SSSR count). The van der Waals surface area contributed by atoms with Crippen LogP contribution >= 0.6 is 0 Å². The lowest BCUT2D eigenvalue weighted by Crippen LogP contribution is -2.20. The molecule has 0 atom stereocenters. The van der Waals surface area contributed by atoms with Gasteiger partial charge in [0.05, 0.1) is 0 Å². The number of hydrogen-bond acceptors (Lipinski definition) is 8. The highest BCUT2D eigenvalue weighted by atomic mass is 32.2. The summed E-state index contributed by atoms with van der Waals surface area (Å²) in [6.07, 6.45) is 0. The van der Waals surface area contributed by atoms with Crippen LogP contribution in [0.5, 0.6) is 11.5 Å². The maximum absolute atomic E-state index is 13.2. The average Bonchev–Trinajstić information content (AvgIpc) is 3.04. The van der Waals surface area contributed by atoms with Crippen molar-refractivity contribution < 1.29 is 34.8 Å². The molecule has 0 bridgehead atoms. The average molecular weight is 715 g/mol. The summed E-state index contributed by atoms with van der Waals surface area (Å²) in [5.41, 5.74) is 5.41. The Morgan fingerprint density at radius 1 is 0.480 bits per heavy atom. The number of carbonyl (C=O) groups excluding carboxylic acids is 2. The summed E-state index contributed by atoms with van der Waals surface area (Å²) in [6, 6.07) is 26.1. The second-order valence-electron chi connectivity index (χ2n) is 11.4. The molecule has 4 N–H and O–H groups in total. The number of hydrogen-bond donors (Lipinski definition) is 4. The summed E-state index contributed by atoms with van der Waals surface area (Å²) < 4.78 is 63.3. The third-order valence-corrected chi connectivity index (χ3v) is 9.75. The number of amides is 4. The van der Waals surface area contributed by atoms with Gasteiger partial charge in [0, 0.05) is 34.9 Å². The van der Waals surface area contributed by atoms with Crippen molar-refractivity contribution in [1.29, 1.82) is 0 Å². The highest BCUT2D eigenvalue weighted by Gasteiger charge is 2.23. The van der Waals surface area contributed by atoms with Crippen LogP contribution in [0.25, 0.3) is 0 Å². The van der Waals surface area contributed by atoms with Gasteiger partial charge in [-0.1, -0.05) is 42.5 Å². The standard InChI is InChI=1S/C36H34N4O8S2/c1-23-14-16-25(3)33(18-23)39-35(41)37-27-8-5-10-29(20-27)47-49(43,44)31-12-7-13-32(22-31)50(45,46)48-30-11-6-9-28(21-30)38-36(42)40-34-19-24(2)15-17-26(34)4/h5-22H,1-4H3,(H2,37,39,41)(H2,38,40,42). The summed E-state index contributed by atoms with van der Waals surface area (Å²) in [6.45, 7) is 7.51. The van der Waals surface area contributed by atoms with Gasteiger partial charge < -0.3 is 29.6 Å². The Hall–Kier alpha value is -5.86. The first-order valence-electron chi connectivity index (χ1n) is 15.2. The van der Waals surface area contributed by atoms with Crippen molar-refractivity contribution in [3.8, 4) is 11.5 Å². The van der Waals surface area contributed by atoms with Crippen molar-refractivity contribution in [2.45, 2.75) is 37.5 Å². The van der Waals surface area contributed by atoms with E-state index in [4.69, 9.17) is 8.37 Å². The van der Waals surface area contributed by atoms with Crippen LogP contribution in [0.3, 0.4) is 0 Å². The SMILES string of the molecule is Cc1ccc(C)c(NC(=O)Nc2cccc(OS(=O)(=O)c3cccc(S(=O)(=O)Oc4cccc(NC(=O)Nc5cc(C)ccc5C)c4)c3)c2)c1. The van der Waals surface area contributed by atoms with Crippen LogP contribution in [-0.2, 0) is 20.2 Å². The summed E-state index contributed by atoms with van der Waals surface area (Å²) in [5.74, 6) is -0.241. The molecule has 50 heavy (non-hydrogen) atoms. The molecule has 0 aliphatic carbocycles.